The molecule has 0 saturated carbocycles. The monoisotopic (exact) mass is 302 g/mol. The van der Waals surface area contributed by atoms with E-state index in [1.807, 2.05) is 13.2 Å². The molecule has 0 fully saturated rings. The van der Waals surface area contributed by atoms with E-state index in [0.717, 1.165) is 12.2 Å². The van der Waals surface area contributed by atoms with Crippen molar-refractivity contribution in [2.24, 2.45) is 0 Å². The fourth-order valence-electron chi connectivity index (χ4n) is 1.53. The summed E-state index contributed by atoms with van der Waals surface area (Å²) in [5.74, 6) is 0.508. The average molecular weight is 303 g/mol. The molecule has 0 saturated heterocycles. The minimum absolute atomic E-state index is 0.0637. The number of nitro groups is 1. The summed E-state index contributed by atoms with van der Waals surface area (Å²) < 4.78 is 0. The quantitative estimate of drug-likeness (QED) is 0.647. The van der Waals surface area contributed by atoms with Crippen LogP contribution in [-0.4, -0.2) is 28.9 Å². The Bertz CT molecular complexity index is 482. The maximum atomic E-state index is 12.0. The summed E-state index contributed by atoms with van der Waals surface area (Å²) in [5, 5.41) is 13.5. The van der Waals surface area contributed by atoms with Gasteiger partial charge in [-0.3, -0.25) is 14.9 Å². The molecule has 1 amide bonds. The van der Waals surface area contributed by atoms with Crippen molar-refractivity contribution in [2.45, 2.75) is 19.4 Å². The van der Waals surface area contributed by atoms with Crippen LogP contribution in [0.4, 0.5) is 5.69 Å². The van der Waals surface area contributed by atoms with Crippen LogP contribution in [0.5, 0.6) is 0 Å². The third kappa shape index (κ3) is 4.40. The summed E-state index contributed by atoms with van der Waals surface area (Å²) in [7, 11) is 0. The number of nitrogens with zero attached hydrogens (tertiary/aromatic N) is 1. The number of benzene rings is 1. The van der Waals surface area contributed by atoms with E-state index >= 15 is 0 Å². The fourth-order valence-corrected chi connectivity index (χ4v) is 2.51. The molecule has 0 aromatic heterocycles. The van der Waals surface area contributed by atoms with Gasteiger partial charge in [0.2, 0.25) is 0 Å². The van der Waals surface area contributed by atoms with Crippen LogP contribution in [0.3, 0.4) is 0 Å². The van der Waals surface area contributed by atoms with Gasteiger partial charge in [-0.15, -0.1) is 0 Å². The smallest absolute Gasteiger partial charge is 0.270 e. The molecule has 0 bridgehead atoms. The minimum Gasteiger partial charge on any atom is -0.348 e. The summed E-state index contributed by atoms with van der Waals surface area (Å²) in [6, 6.07) is 3.90. The van der Waals surface area contributed by atoms with E-state index in [2.05, 4.69) is 5.32 Å². The highest BCUT2D eigenvalue weighted by Crippen LogP contribution is 2.22. The lowest BCUT2D eigenvalue weighted by Gasteiger charge is -2.16. The van der Waals surface area contributed by atoms with E-state index in [1.54, 1.807) is 11.8 Å². The molecule has 0 spiro atoms. The van der Waals surface area contributed by atoms with Gasteiger partial charge in [0.15, 0.2) is 0 Å². The summed E-state index contributed by atoms with van der Waals surface area (Å²) in [6.45, 7) is 1.98. The molecule has 1 aromatic carbocycles. The fraction of sp³-hybridized carbons (Fsp3) is 0.417. The Morgan fingerprint density at radius 2 is 2.26 bits per heavy atom. The molecule has 0 aliphatic heterocycles. The first-order valence-corrected chi connectivity index (χ1v) is 7.50. The van der Waals surface area contributed by atoms with E-state index in [0.29, 0.717) is 0 Å². The van der Waals surface area contributed by atoms with E-state index in [4.69, 9.17) is 11.6 Å². The van der Waals surface area contributed by atoms with Gasteiger partial charge in [-0.1, -0.05) is 18.5 Å². The molecule has 0 aliphatic carbocycles. The molecular formula is C12H15ClN2O3S. The van der Waals surface area contributed by atoms with Crippen molar-refractivity contribution < 1.29 is 9.72 Å². The standard InChI is InChI=1S/C12H15ClN2O3S/c1-3-8(7-19-2)14-12(16)10-5-4-9(15(17)18)6-11(10)13/h4-6,8H,3,7H2,1-2H3,(H,14,16). The van der Waals surface area contributed by atoms with Crippen LogP contribution >= 0.6 is 23.4 Å². The lowest BCUT2D eigenvalue weighted by Crippen LogP contribution is -2.36. The molecular weight excluding hydrogens is 288 g/mol. The zero-order valence-corrected chi connectivity index (χ0v) is 12.3. The van der Waals surface area contributed by atoms with Crippen LogP contribution in [0.15, 0.2) is 18.2 Å². The second kappa shape index (κ2) is 7.35. The minimum atomic E-state index is -0.546. The number of nitrogens with one attached hydrogen (secondary N) is 1. The summed E-state index contributed by atoms with van der Waals surface area (Å²) >= 11 is 7.55. The Labute approximate surface area is 120 Å². The van der Waals surface area contributed by atoms with E-state index in [-0.39, 0.29) is 28.2 Å². The van der Waals surface area contributed by atoms with Gasteiger partial charge in [-0.25, -0.2) is 0 Å². The van der Waals surface area contributed by atoms with Crippen LogP contribution in [-0.2, 0) is 0 Å². The first-order valence-electron chi connectivity index (χ1n) is 5.73. The third-order valence-corrected chi connectivity index (χ3v) is 3.65. The molecule has 1 rings (SSSR count). The Balaban J connectivity index is 2.85. The van der Waals surface area contributed by atoms with Crippen molar-refractivity contribution in [2.75, 3.05) is 12.0 Å². The van der Waals surface area contributed by atoms with Crippen LogP contribution in [0.1, 0.15) is 23.7 Å². The molecule has 0 radical (unpaired) electrons. The van der Waals surface area contributed by atoms with Gasteiger partial charge < -0.3 is 5.32 Å². The molecule has 1 atom stereocenters. The van der Waals surface area contributed by atoms with Crippen molar-refractivity contribution in [3.05, 3.63) is 38.9 Å². The molecule has 1 aromatic rings. The van der Waals surface area contributed by atoms with Gasteiger partial charge in [0, 0.05) is 23.9 Å². The van der Waals surface area contributed by atoms with E-state index in [1.165, 1.54) is 18.2 Å². The predicted molar refractivity (Wildman–Crippen MR) is 78.0 cm³/mol. The predicted octanol–water partition coefficient (Wildman–Crippen LogP) is 3.12. The highest BCUT2D eigenvalue weighted by molar-refractivity contribution is 7.98. The molecule has 0 heterocycles. The van der Waals surface area contributed by atoms with Crippen LogP contribution in [0.2, 0.25) is 5.02 Å². The number of nitro benzene ring substituents is 1. The number of non-ortho nitro benzene ring substituents is 1. The van der Waals surface area contributed by atoms with Crippen molar-refractivity contribution in [3.8, 4) is 0 Å². The summed E-state index contributed by atoms with van der Waals surface area (Å²) in [5.41, 5.74) is 0.129. The van der Waals surface area contributed by atoms with Crippen molar-refractivity contribution >= 4 is 35.0 Å². The largest absolute Gasteiger partial charge is 0.348 e. The average Bonchev–Trinajstić information content (AvgIpc) is 2.37. The van der Waals surface area contributed by atoms with Crippen LogP contribution in [0, 0.1) is 10.1 Å². The topological polar surface area (TPSA) is 72.2 Å². The number of hydrogen-bond acceptors (Lipinski definition) is 4. The van der Waals surface area contributed by atoms with Gasteiger partial charge in [-0.2, -0.15) is 11.8 Å². The van der Waals surface area contributed by atoms with Gasteiger partial charge >= 0.3 is 0 Å². The summed E-state index contributed by atoms with van der Waals surface area (Å²) in [4.78, 5) is 22.1. The van der Waals surface area contributed by atoms with Gasteiger partial charge in [-0.05, 0) is 18.7 Å². The molecule has 1 unspecified atom stereocenters. The summed E-state index contributed by atoms with van der Waals surface area (Å²) in [6.07, 6.45) is 2.78. The maximum absolute atomic E-state index is 12.0. The zero-order valence-electron chi connectivity index (χ0n) is 10.7. The van der Waals surface area contributed by atoms with Crippen LogP contribution in [0.25, 0.3) is 0 Å². The first-order chi connectivity index (χ1) is 8.99. The Kier molecular flexibility index (Phi) is 6.11. The first kappa shape index (κ1) is 15.8. The maximum Gasteiger partial charge on any atom is 0.270 e. The van der Waals surface area contributed by atoms with E-state index in [9.17, 15) is 14.9 Å². The number of carbonyl (C=O) groups excluding carboxylic acids is 1. The second-order valence-corrected chi connectivity index (χ2v) is 5.27. The van der Waals surface area contributed by atoms with Gasteiger partial charge in [0.05, 0.1) is 15.5 Å². The number of halogens is 1. The van der Waals surface area contributed by atoms with Crippen molar-refractivity contribution in [1.82, 2.24) is 5.32 Å². The Morgan fingerprint density at radius 3 is 2.74 bits per heavy atom. The number of rotatable bonds is 6. The Hall–Kier alpha value is -1.27. The van der Waals surface area contributed by atoms with Gasteiger partial charge in [0.25, 0.3) is 11.6 Å². The SMILES string of the molecule is CCC(CSC)NC(=O)c1ccc([N+](=O)[O-])cc1Cl. The molecule has 7 heteroatoms. The number of thioether (sulfide) groups is 1. The highest BCUT2D eigenvalue weighted by atomic mass is 35.5. The molecule has 5 nitrogen and oxygen atoms in total. The Morgan fingerprint density at radius 1 is 1.58 bits per heavy atom. The normalized spacial score (nSPS) is 11.9. The van der Waals surface area contributed by atoms with Crippen LogP contribution < -0.4 is 5.32 Å². The third-order valence-electron chi connectivity index (χ3n) is 2.60. The molecule has 0 aliphatic rings. The molecule has 1 N–H and O–H groups in total. The highest BCUT2D eigenvalue weighted by Gasteiger charge is 2.17. The lowest BCUT2D eigenvalue weighted by molar-refractivity contribution is -0.384. The molecule has 104 valence electrons. The number of hydrogen-bond donors (Lipinski definition) is 1. The lowest BCUT2D eigenvalue weighted by atomic mass is 10.1. The molecule has 19 heavy (non-hydrogen) atoms. The number of amides is 1. The zero-order chi connectivity index (χ0) is 14.4. The van der Waals surface area contributed by atoms with Crippen molar-refractivity contribution in [3.63, 3.8) is 0 Å². The van der Waals surface area contributed by atoms with E-state index < -0.39 is 4.92 Å². The second-order valence-electron chi connectivity index (χ2n) is 3.96. The number of carbonyl (C=O) groups is 1. The van der Waals surface area contributed by atoms with Crippen molar-refractivity contribution in [1.29, 1.82) is 0 Å². The van der Waals surface area contributed by atoms with Gasteiger partial charge in [0.1, 0.15) is 0 Å².